The highest BCUT2D eigenvalue weighted by Gasteiger charge is 2.37. The highest BCUT2D eigenvalue weighted by atomic mass is 35.6. The van der Waals surface area contributed by atoms with Gasteiger partial charge in [0.25, 0.3) is 5.91 Å². The van der Waals surface area contributed by atoms with Gasteiger partial charge >= 0.3 is 0 Å². The van der Waals surface area contributed by atoms with Gasteiger partial charge in [0, 0.05) is 5.02 Å². The molecule has 0 heterocycles. The van der Waals surface area contributed by atoms with Gasteiger partial charge < -0.3 is 10.1 Å². The van der Waals surface area contributed by atoms with E-state index >= 15 is 0 Å². The maximum Gasteiger partial charge on any atom is 0.259 e. The standard InChI is InChI=1S/C18H18Cl4N2O4S/c1-11-3-6-14(7-4-11)29(26,27)24-17(18(20,21)22)23-16(25)10-28-15-8-5-13(19)9-12(15)2/h3-9,17,24H,10H2,1-2H3,(H,23,25)/t17-/m1/s1. The number of nitrogens with one attached hydrogen (secondary N) is 2. The Morgan fingerprint density at radius 3 is 2.28 bits per heavy atom. The average Bonchev–Trinajstić information content (AvgIpc) is 2.60. The summed E-state index contributed by atoms with van der Waals surface area (Å²) in [5.41, 5.74) is 1.60. The van der Waals surface area contributed by atoms with Crippen LogP contribution < -0.4 is 14.8 Å². The Labute approximate surface area is 189 Å². The molecular formula is C18H18Cl4N2O4S. The summed E-state index contributed by atoms with van der Waals surface area (Å²) in [6.07, 6.45) is -1.53. The molecule has 1 amide bonds. The minimum atomic E-state index is -4.06. The molecule has 0 radical (unpaired) electrons. The van der Waals surface area contributed by atoms with Crippen LogP contribution in [0.25, 0.3) is 0 Å². The zero-order valence-electron chi connectivity index (χ0n) is 15.4. The summed E-state index contributed by atoms with van der Waals surface area (Å²) in [5, 5.41) is 2.85. The maximum atomic E-state index is 12.6. The molecule has 0 aliphatic carbocycles. The van der Waals surface area contributed by atoms with Crippen molar-refractivity contribution >= 4 is 62.3 Å². The van der Waals surface area contributed by atoms with Gasteiger partial charge in [-0.15, -0.1) is 0 Å². The summed E-state index contributed by atoms with van der Waals surface area (Å²) in [5.74, 6) is -0.252. The second-order valence-corrected chi connectivity index (χ2v) is 10.7. The van der Waals surface area contributed by atoms with E-state index in [0.29, 0.717) is 10.8 Å². The first-order valence-corrected chi connectivity index (χ1v) is 11.2. The summed E-state index contributed by atoms with van der Waals surface area (Å²) in [7, 11) is -4.06. The van der Waals surface area contributed by atoms with E-state index in [-0.39, 0.29) is 4.90 Å². The molecule has 0 saturated carbocycles. The number of carbonyl (C=O) groups excluding carboxylic acids is 1. The van der Waals surface area contributed by atoms with Crippen molar-refractivity contribution in [2.45, 2.75) is 28.7 Å². The topological polar surface area (TPSA) is 84.5 Å². The summed E-state index contributed by atoms with van der Waals surface area (Å²) >= 11 is 23.4. The maximum absolute atomic E-state index is 12.6. The van der Waals surface area contributed by atoms with Crippen LogP contribution in [0.5, 0.6) is 5.75 Å². The molecule has 1 atom stereocenters. The SMILES string of the molecule is Cc1ccc(S(=O)(=O)N[C@@H](NC(=O)COc2ccc(Cl)cc2C)C(Cl)(Cl)Cl)cc1. The van der Waals surface area contributed by atoms with E-state index in [1.54, 1.807) is 37.3 Å². The summed E-state index contributed by atoms with van der Waals surface area (Å²) < 4.78 is 30.6. The van der Waals surface area contributed by atoms with Crippen LogP contribution in [0.2, 0.25) is 5.02 Å². The fourth-order valence-corrected chi connectivity index (χ4v) is 4.16. The third kappa shape index (κ3) is 7.20. The molecule has 0 fully saturated rings. The van der Waals surface area contributed by atoms with Gasteiger partial charge in [-0.1, -0.05) is 64.1 Å². The Balaban J connectivity index is 2.08. The van der Waals surface area contributed by atoms with E-state index in [9.17, 15) is 13.2 Å². The monoisotopic (exact) mass is 498 g/mol. The lowest BCUT2D eigenvalue weighted by Crippen LogP contribution is -2.56. The van der Waals surface area contributed by atoms with Crippen molar-refractivity contribution in [3.63, 3.8) is 0 Å². The van der Waals surface area contributed by atoms with E-state index in [1.807, 2.05) is 6.92 Å². The summed E-state index contributed by atoms with van der Waals surface area (Å²) in [6, 6.07) is 11.0. The van der Waals surface area contributed by atoms with Gasteiger partial charge in [0.05, 0.1) is 4.90 Å². The molecule has 0 unspecified atom stereocenters. The van der Waals surface area contributed by atoms with Crippen molar-refractivity contribution in [1.82, 2.24) is 10.0 Å². The fraction of sp³-hybridized carbons (Fsp3) is 0.278. The van der Waals surface area contributed by atoms with Crippen LogP contribution in [-0.2, 0) is 14.8 Å². The van der Waals surface area contributed by atoms with E-state index in [0.717, 1.165) is 11.1 Å². The minimum absolute atomic E-state index is 0.0374. The number of hydrogen-bond acceptors (Lipinski definition) is 4. The van der Waals surface area contributed by atoms with Gasteiger partial charge in [-0.3, -0.25) is 4.79 Å². The van der Waals surface area contributed by atoms with Crippen LogP contribution in [0.3, 0.4) is 0 Å². The number of ether oxygens (including phenoxy) is 1. The average molecular weight is 500 g/mol. The highest BCUT2D eigenvalue weighted by molar-refractivity contribution is 7.89. The Kier molecular flexibility index (Phi) is 8.07. The number of halogens is 4. The first-order chi connectivity index (χ1) is 13.4. The van der Waals surface area contributed by atoms with Crippen molar-refractivity contribution in [3.05, 3.63) is 58.6 Å². The van der Waals surface area contributed by atoms with Crippen LogP contribution in [0.1, 0.15) is 11.1 Å². The van der Waals surface area contributed by atoms with Gasteiger partial charge in [0.1, 0.15) is 11.9 Å². The quantitative estimate of drug-likeness (QED) is 0.443. The predicted molar refractivity (Wildman–Crippen MR) is 115 cm³/mol. The van der Waals surface area contributed by atoms with E-state index in [2.05, 4.69) is 10.0 Å². The Morgan fingerprint density at radius 2 is 1.72 bits per heavy atom. The lowest BCUT2D eigenvalue weighted by Gasteiger charge is -2.26. The van der Waals surface area contributed by atoms with Crippen molar-refractivity contribution in [1.29, 1.82) is 0 Å². The predicted octanol–water partition coefficient (Wildman–Crippen LogP) is 4.13. The second kappa shape index (κ2) is 9.73. The molecule has 2 N–H and O–H groups in total. The zero-order valence-corrected chi connectivity index (χ0v) is 19.2. The van der Waals surface area contributed by atoms with E-state index < -0.39 is 32.5 Å². The number of rotatable bonds is 7. The van der Waals surface area contributed by atoms with Crippen LogP contribution >= 0.6 is 46.4 Å². The number of alkyl halides is 3. The lowest BCUT2D eigenvalue weighted by atomic mass is 10.2. The number of amides is 1. The molecule has 6 nitrogen and oxygen atoms in total. The first kappa shape index (κ1) is 24.1. The fourth-order valence-electron chi connectivity index (χ4n) is 2.24. The molecule has 158 valence electrons. The molecule has 2 rings (SSSR count). The molecule has 2 aromatic rings. The Hall–Kier alpha value is -1.22. The van der Waals surface area contributed by atoms with Crippen molar-refractivity contribution < 1.29 is 17.9 Å². The molecule has 11 heteroatoms. The van der Waals surface area contributed by atoms with E-state index in [1.165, 1.54) is 12.1 Å². The van der Waals surface area contributed by atoms with Gasteiger partial charge in [-0.25, -0.2) is 8.42 Å². The molecule has 0 bridgehead atoms. The largest absolute Gasteiger partial charge is 0.484 e. The number of hydrogen-bond donors (Lipinski definition) is 2. The number of aryl methyl sites for hydroxylation is 2. The molecule has 0 aliphatic heterocycles. The normalized spacial score (nSPS) is 13.0. The Bertz CT molecular complexity index is 976. The highest BCUT2D eigenvalue weighted by Crippen LogP contribution is 2.30. The van der Waals surface area contributed by atoms with Crippen LogP contribution in [0, 0.1) is 13.8 Å². The zero-order chi connectivity index (χ0) is 21.8. The van der Waals surface area contributed by atoms with Crippen molar-refractivity contribution in [2.75, 3.05) is 6.61 Å². The summed E-state index contributed by atoms with van der Waals surface area (Å²) in [4.78, 5) is 12.2. The summed E-state index contributed by atoms with van der Waals surface area (Å²) in [6.45, 7) is 3.15. The van der Waals surface area contributed by atoms with Crippen molar-refractivity contribution in [3.8, 4) is 5.75 Å². The molecule has 0 spiro atoms. The van der Waals surface area contributed by atoms with Crippen LogP contribution in [0.4, 0.5) is 0 Å². The molecule has 0 aliphatic rings. The third-order valence-electron chi connectivity index (χ3n) is 3.73. The molecule has 0 saturated heterocycles. The minimum Gasteiger partial charge on any atom is -0.484 e. The number of benzene rings is 2. The van der Waals surface area contributed by atoms with E-state index in [4.69, 9.17) is 51.1 Å². The van der Waals surface area contributed by atoms with Gasteiger partial charge in [0.15, 0.2) is 6.61 Å². The number of carbonyl (C=O) groups is 1. The molecule has 0 aromatic heterocycles. The number of sulfonamides is 1. The second-order valence-electron chi connectivity index (χ2n) is 6.17. The van der Waals surface area contributed by atoms with Gasteiger partial charge in [0.2, 0.25) is 13.8 Å². The molecule has 29 heavy (non-hydrogen) atoms. The van der Waals surface area contributed by atoms with Gasteiger partial charge in [-0.05, 0) is 49.7 Å². The van der Waals surface area contributed by atoms with Gasteiger partial charge in [-0.2, -0.15) is 4.72 Å². The van der Waals surface area contributed by atoms with Crippen molar-refractivity contribution in [2.24, 2.45) is 0 Å². The first-order valence-electron chi connectivity index (χ1n) is 8.22. The smallest absolute Gasteiger partial charge is 0.259 e. The molecule has 2 aromatic carbocycles. The Morgan fingerprint density at radius 1 is 1.10 bits per heavy atom. The molecular weight excluding hydrogens is 482 g/mol. The van der Waals surface area contributed by atoms with Crippen LogP contribution in [0.15, 0.2) is 47.4 Å². The lowest BCUT2D eigenvalue weighted by molar-refractivity contribution is -0.123. The third-order valence-corrected chi connectivity index (χ3v) is 6.06. The van der Waals surface area contributed by atoms with Crippen LogP contribution in [-0.4, -0.2) is 30.9 Å².